The standard InChI is InChI=1S/C5H8BrNO.ClH/c6-3-4-1-2-5(8)7-4;/h4H,1-3H2,(H,7,8);1H/t4-;/m0./s1. The van der Waals surface area contributed by atoms with Gasteiger partial charge in [0.2, 0.25) is 5.91 Å². The Morgan fingerprint density at radius 1 is 1.78 bits per heavy atom. The third-order valence-electron chi connectivity index (χ3n) is 1.27. The Bertz CT molecular complexity index is 109. The zero-order valence-electron chi connectivity index (χ0n) is 4.89. The minimum Gasteiger partial charge on any atom is -0.353 e. The first-order valence-corrected chi connectivity index (χ1v) is 3.80. The van der Waals surface area contributed by atoms with Crippen LogP contribution in [0.4, 0.5) is 0 Å². The van der Waals surface area contributed by atoms with Gasteiger partial charge in [-0.1, -0.05) is 15.9 Å². The molecule has 0 unspecified atom stereocenters. The summed E-state index contributed by atoms with van der Waals surface area (Å²) in [5.74, 6) is 0.189. The average Bonchev–Trinajstić information content (AvgIpc) is 2.14. The maximum absolute atomic E-state index is 10.5. The Hall–Kier alpha value is 0.240. The number of carbonyl (C=O) groups excluding carboxylic acids is 1. The van der Waals surface area contributed by atoms with E-state index in [2.05, 4.69) is 21.2 Å². The molecule has 1 aliphatic heterocycles. The zero-order valence-corrected chi connectivity index (χ0v) is 7.30. The molecule has 0 aromatic carbocycles. The lowest BCUT2D eigenvalue weighted by molar-refractivity contribution is -0.119. The Labute approximate surface area is 68.9 Å². The molecule has 1 amide bonds. The molecule has 0 aromatic heterocycles. The molecule has 0 aliphatic carbocycles. The van der Waals surface area contributed by atoms with Crippen LogP contribution in [-0.4, -0.2) is 17.3 Å². The second-order valence-corrected chi connectivity index (χ2v) is 2.60. The van der Waals surface area contributed by atoms with Gasteiger partial charge < -0.3 is 5.32 Å². The Balaban J connectivity index is 0.000000640. The molecule has 2 nitrogen and oxygen atoms in total. The highest BCUT2D eigenvalue weighted by Crippen LogP contribution is 2.07. The van der Waals surface area contributed by atoms with Gasteiger partial charge in [-0.3, -0.25) is 4.79 Å². The number of halogens is 2. The SMILES string of the molecule is Cl.O=C1CC[C@@H](CBr)N1. The van der Waals surface area contributed by atoms with Gasteiger partial charge in [-0.25, -0.2) is 0 Å². The van der Waals surface area contributed by atoms with Crippen LogP contribution in [0.2, 0.25) is 0 Å². The molecule has 1 heterocycles. The number of hydrogen-bond donors (Lipinski definition) is 1. The Kier molecular flexibility index (Phi) is 4.23. The number of nitrogens with one attached hydrogen (secondary N) is 1. The molecule has 0 saturated carbocycles. The predicted molar refractivity (Wildman–Crippen MR) is 42.2 cm³/mol. The minimum atomic E-state index is 0. The van der Waals surface area contributed by atoms with E-state index in [0.29, 0.717) is 12.5 Å². The lowest BCUT2D eigenvalue weighted by atomic mass is 10.3. The van der Waals surface area contributed by atoms with Crippen LogP contribution in [0, 0.1) is 0 Å². The summed E-state index contributed by atoms with van der Waals surface area (Å²) in [4.78, 5) is 10.5. The van der Waals surface area contributed by atoms with E-state index in [1.54, 1.807) is 0 Å². The van der Waals surface area contributed by atoms with Crippen molar-refractivity contribution in [2.45, 2.75) is 18.9 Å². The van der Waals surface area contributed by atoms with Crippen LogP contribution < -0.4 is 5.32 Å². The molecule has 1 rings (SSSR count). The second-order valence-electron chi connectivity index (χ2n) is 1.96. The summed E-state index contributed by atoms with van der Waals surface area (Å²) < 4.78 is 0. The molecule has 1 saturated heterocycles. The number of alkyl halides is 1. The third-order valence-corrected chi connectivity index (χ3v) is 2.05. The van der Waals surface area contributed by atoms with E-state index in [0.717, 1.165) is 11.8 Å². The molecule has 4 heteroatoms. The van der Waals surface area contributed by atoms with Gasteiger partial charge in [0.25, 0.3) is 0 Å². The van der Waals surface area contributed by atoms with E-state index in [1.165, 1.54) is 0 Å². The van der Waals surface area contributed by atoms with Crippen molar-refractivity contribution >= 4 is 34.2 Å². The van der Waals surface area contributed by atoms with Gasteiger partial charge in [0.05, 0.1) is 0 Å². The second kappa shape index (κ2) is 4.12. The van der Waals surface area contributed by atoms with Crippen LogP contribution >= 0.6 is 28.3 Å². The van der Waals surface area contributed by atoms with Gasteiger partial charge in [-0.15, -0.1) is 12.4 Å². The molecule has 1 aliphatic rings. The highest BCUT2D eigenvalue weighted by molar-refractivity contribution is 9.09. The van der Waals surface area contributed by atoms with Crippen molar-refractivity contribution < 1.29 is 4.79 Å². The van der Waals surface area contributed by atoms with Gasteiger partial charge >= 0.3 is 0 Å². The fourth-order valence-electron chi connectivity index (χ4n) is 0.793. The van der Waals surface area contributed by atoms with Crippen LogP contribution in [0.3, 0.4) is 0 Å². The quantitative estimate of drug-likeness (QED) is 0.651. The molecule has 0 spiro atoms. The molecule has 1 N–H and O–H groups in total. The monoisotopic (exact) mass is 213 g/mol. The number of amides is 1. The lowest BCUT2D eigenvalue weighted by Crippen LogP contribution is -2.26. The minimum absolute atomic E-state index is 0. The molecular formula is C5H9BrClNO. The van der Waals surface area contributed by atoms with Crippen molar-refractivity contribution in [3.05, 3.63) is 0 Å². The molecule has 54 valence electrons. The molecule has 0 bridgehead atoms. The van der Waals surface area contributed by atoms with E-state index in [9.17, 15) is 4.79 Å². The average molecular weight is 214 g/mol. The fourth-order valence-corrected chi connectivity index (χ4v) is 1.28. The Morgan fingerprint density at radius 2 is 2.44 bits per heavy atom. The van der Waals surface area contributed by atoms with E-state index in [1.807, 2.05) is 0 Å². The number of carbonyl (C=O) groups is 1. The van der Waals surface area contributed by atoms with Gasteiger partial charge in [0, 0.05) is 17.8 Å². The van der Waals surface area contributed by atoms with Crippen LogP contribution in [0.1, 0.15) is 12.8 Å². The fraction of sp³-hybridized carbons (Fsp3) is 0.800. The van der Waals surface area contributed by atoms with Gasteiger partial charge in [0.15, 0.2) is 0 Å². The van der Waals surface area contributed by atoms with Crippen LogP contribution in [-0.2, 0) is 4.79 Å². The van der Waals surface area contributed by atoms with E-state index >= 15 is 0 Å². The van der Waals surface area contributed by atoms with Crippen LogP contribution in [0.15, 0.2) is 0 Å². The number of hydrogen-bond acceptors (Lipinski definition) is 1. The molecule has 0 aromatic rings. The smallest absolute Gasteiger partial charge is 0.220 e. The van der Waals surface area contributed by atoms with Crippen molar-refractivity contribution in [2.24, 2.45) is 0 Å². The first-order chi connectivity index (χ1) is 3.83. The van der Waals surface area contributed by atoms with E-state index in [-0.39, 0.29) is 18.3 Å². The molecule has 9 heavy (non-hydrogen) atoms. The molecule has 1 atom stereocenters. The zero-order chi connectivity index (χ0) is 5.98. The van der Waals surface area contributed by atoms with E-state index < -0.39 is 0 Å². The summed E-state index contributed by atoms with van der Waals surface area (Å²) in [6.45, 7) is 0. The van der Waals surface area contributed by atoms with Crippen LogP contribution in [0.25, 0.3) is 0 Å². The van der Waals surface area contributed by atoms with Gasteiger partial charge in [-0.2, -0.15) is 0 Å². The molecular weight excluding hydrogens is 205 g/mol. The highest BCUT2D eigenvalue weighted by atomic mass is 79.9. The van der Waals surface area contributed by atoms with Gasteiger partial charge in [-0.05, 0) is 6.42 Å². The van der Waals surface area contributed by atoms with Crippen LogP contribution in [0.5, 0.6) is 0 Å². The summed E-state index contributed by atoms with van der Waals surface area (Å²) in [6, 6.07) is 0.391. The summed E-state index contributed by atoms with van der Waals surface area (Å²) in [5.41, 5.74) is 0. The summed E-state index contributed by atoms with van der Waals surface area (Å²) in [5, 5.41) is 3.71. The largest absolute Gasteiger partial charge is 0.353 e. The van der Waals surface area contributed by atoms with E-state index in [4.69, 9.17) is 0 Å². The van der Waals surface area contributed by atoms with Gasteiger partial charge in [0.1, 0.15) is 0 Å². The third kappa shape index (κ3) is 2.54. The highest BCUT2D eigenvalue weighted by Gasteiger charge is 2.18. The summed E-state index contributed by atoms with van der Waals surface area (Å²) in [6.07, 6.45) is 1.69. The van der Waals surface area contributed by atoms with Crippen molar-refractivity contribution in [3.63, 3.8) is 0 Å². The molecule has 0 radical (unpaired) electrons. The summed E-state index contributed by atoms with van der Waals surface area (Å²) in [7, 11) is 0. The molecule has 1 fully saturated rings. The number of rotatable bonds is 1. The van der Waals surface area contributed by atoms with Crippen molar-refractivity contribution in [1.29, 1.82) is 0 Å². The summed E-state index contributed by atoms with van der Waals surface area (Å²) >= 11 is 3.29. The first kappa shape index (κ1) is 9.24. The first-order valence-electron chi connectivity index (χ1n) is 2.68. The van der Waals surface area contributed by atoms with Crippen molar-refractivity contribution in [1.82, 2.24) is 5.32 Å². The maximum atomic E-state index is 10.5. The Morgan fingerprint density at radius 3 is 2.67 bits per heavy atom. The van der Waals surface area contributed by atoms with Crippen molar-refractivity contribution in [3.8, 4) is 0 Å². The predicted octanol–water partition coefficient (Wildman–Crippen LogP) is 1.08. The maximum Gasteiger partial charge on any atom is 0.220 e. The topological polar surface area (TPSA) is 29.1 Å². The lowest BCUT2D eigenvalue weighted by Gasteiger charge is -2.01. The van der Waals surface area contributed by atoms with Crippen molar-refractivity contribution in [2.75, 3.05) is 5.33 Å². The normalized spacial score (nSPS) is 25.0.